The molecule has 0 saturated heterocycles. The van der Waals surface area contributed by atoms with Gasteiger partial charge in [0.05, 0.1) is 0 Å². The standard InChI is InChI=1S/C18H36O2.C6H5I/c1-2-3-4-5-6-7-8-9-10-11-12-13-14-15-16-17-18(19)20;7-6-4-2-1-3-5-6/h2-17H2,1H3,(H,19,20);1-5H. The number of benzene rings is 1. The number of carbonyl (C=O) groups is 1. The average Bonchev–Trinajstić information content (AvgIpc) is 2.66. The Morgan fingerprint density at radius 2 is 1.07 bits per heavy atom. The van der Waals surface area contributed by atoms with Crippen molar-refractivity contribution in [2.24, 2.45) is 0 Å². The lowest BCUT2D eigenvalue weighted by molar-refractivity contribution is -0.137. The Morgan fingerprint density at radius 1 is 0.704 bits per heavy atom. The van der Waals surface area contributed by atoms with Gasteiger partial charge in [0.25, 0.3) is 0 Å². The Bertz CT molecular complexity index is 420. The highest BCUT2D eigenvalue weighted by atomic mass is 127. The second-order valence-corrected chi connectivity index (χ2v) is 8.63. The van der Waals surface area contributed by atoms with Crippen molar-refractivity contribution in [2.75, 3.05) is 0 Å². The molecule has 0 aliphatic rings. The Morgan fingerprint density at radius 3 is 1.37 bits per heavy atom. The lowest BCUT2D eigenvalue weighted by Crippen LogP contribution is -1.93. The van der Waals surface area contributed by atoms with Gasteiger partial charge in [0.1, 0.15) is 0 Å². The molecule has 156 valence electrons. The van der Waals surface area contributed by atoms with E-state index in [0.717, 1.165) is 12.8 Å². The molecule has 0 radical (unpaired) electrons. The molecule has 1 N–H and O–H groups in total. The summed E-state index contributed by atoms with van der Waals surface area (Å²) in [5.74, 6) is -0.653. The van der Waals surface area contributed by atoms with Crippen LogP contribution in [0.1, 0.15) is 110 Å². The fourth-order valence-electron chi connectivity index (χ4n) is 3.06. The highest BCUT2D eigenvalue weighted by Gasteiger charge is 1.97. The Kier molecular flexibility index (Phi) is 21.3. The van der Waals surface area contributed by atoms with Gasteiger partial charge in [0.2, 0.25) is 0 Å². The van der Waals surface area contributed by atoms with E-state index in [1.807, 2.05) is 18.2 Å². The molecule has 2 nitrogen and oxygen atoms in total. The number of hydrogen-bond acceptors (Lipinski definition) is 1. The summed E-state index contributed by atoms with van der Waals surface area (Å²) >= 11 is 2.28. The average molecular weight is 488 g/mol. The van der Waals surface area contributed by atoms with Gasteiger partial charge in [-0.3, -0.25) is 4.79 Å². The fourth-order valence-corrected chi connectivity index (χ4v) is 3.48. The van der Waals surface area contributed by atoms with Crippen LogP contribution in [-0.4, -0.2) is 11.1 Å². The van der Waals surface area contributed by atoms with Crippen LogP contribution in [0.15, 0.2) is 30.3 Å². The summed E-state index contributed by atoms with van der Waals surface area (Å²) < 4.78 is 1.29. The van der Waals surface area contributed by atoms with Gasteiger partial charge in [-0.25, -0.2) is 0 Å². The zero-order valence-electron chi connectivity index (χ0n) is 17.4. The van der Waals surface area contributed by atoms with Gasteiger partial charge in [-0.05, 0) is 41.1 Å². The van der Waals surface area contributed by atoms with Crippen molar-refractivity contribution in [1.82, 2.24) is 0 Å². The minimum absolute atomic E-state index is 0.345. The van der Waals surface area contributed by atoms with E-state index >= 15 is 0 Å². The van der Waals surface area contributed by atoms with Crippen LogP contribution in [0.25, 0.3) is 0 Å². The summed E-state index contributed by atoms with van der Waals surface area (Å²) in [5, 5.41) is 8.52. The summed E-state index contributed by atoms with van der Waals surface area (Å²) in [6.45, 7) is 2.27. The predicted molar refractivity (Wildman–Crippen MR) is 126 cm³/mol. The first-order valence-electron chi connectivity index (χ1n) is 11.1. The molecule has 0 saturated carbocycles. The molecule has 27 heavy (non-hydrogen) atoms. The minimum atomic E-state index is -0.653. The van der Waals surface area contributed by atoms with Gasteiger partial charge in [-0.1, -0.05) is 115 Å². The monoisotopic (exact) mass is 488 g/mol. The zero-order chi connectivity index (χ0) is 20.0. The van der Waals surface area contributed by atoms with Crippen molar-refractivity contribution in [3.63, 3.8) is 0 Å². The second-order valence-electron chi connectivity index (χ2n) is 7.39. The highest BCUT2D eigenvalue weighted by molar-refractivity contribution is 14.1. The summed E-state index contributed by atoms with van der Waals surface area (Å²) in [4.78, 5) is 10.3. The van der Waals surface area contributed by atoms with E-state index < -0.39 is 5.97 Å². The van der Waals surface area contributed by atoms with Gasteiger partial charge in [0, 0.05) is 9.99 Å². The molecule has 0 aliphatic carbocycles. The maximum absolute atomic E-state index is 10.3. The maximum atomic E-state index is 10.3. The number of halogens is 1. The number of carboxylic acids is 1. The molecular weight excluding hydrogens is 447 g/mol. The van der Waals surface area contributed by atoms with E-state index in [4.69, 9.17) is 5.11 Å². The van der Waals surface area contributed by atoms with Crippen molar-refractivity contribution in [1.29, 1.82) is 0 Å². The summed E-state index contributed by atoms with van der Waals surface area (Å²) in [6, 6.07) is 10.2. The largest absolute Gasteiger partial charge is 0.481 e. The van der Waals surface area contributed by atoms with E-state index in [0.29, 0.717) is 6.42 Å². The summed E-state index contributed by atoms with van der Waals surface area (Å²) in [6.07, 6.45) is 20.2. The van der Waals surface area contributed by atoms with Gasteiger partial charge in [-0.15, -0.1) is 0 Å². The van der Waals surface area contributed by atoms with Crippen LogP contribution in [0.5, 0.6) is 0 Å². The van der Waals surface area contributed by atoms with Crippen LogP contribution < -0.4 is 0 Å². The zero-order valence-corrected chi connectivity index (χ0v) is 19.6. The smallest absolute Gasteiger partial charge is 0.303 e. The van der Waals surface area contributed by atoms with Crippen LogP contribution in [0.4, 0.5) is 0 Å². The predicted octanol–water partition coefficient (Wildman–Crippen LogP) is 8.62. The summed E-state index contributed by atoms with van der Waals surface area (Å²) in [5.41, 5.74) is 0. The Balaban J connectivity index is 0.000000797. The third kappa shape index (κ3) is 23.4. The SMILES string of the molecule is CCCCCCCCCCCCCCCCCC(=O)O.Ic1ccccc1. The molecule has 0 heterocycles. The van der Waals surface area contributed by atoms with Crippen LogP contribution in [0.3, 0.4) is 0 Å². The van der Waals surface area contributed by atoms with Crippen molar-refractivity contribution >= 4 is 28.6 Å². The van der Waals surface area contributed by atoms with Crippen LogP contribution >= 0.6 is 22.6 Å². The molecule has 1 rings (SSSR count). The van der Waals surface area contributed by atoms with E-state index in [2.05, 4.69) is 41.6 Å². The van der Waals surface area contributed by atoms with E-state index in [1.54, 1.807) is 0 Å². The third-order valence-electron chi connectivity index (χ3n) is 4.73. The number of hydrogen-bond donors (Lipinski definition) is 1. The fraction of sp³-hybridized carbons (Fsp3) is 0.708. The molecule has 0 aliphatic heterocycles. The molecule has 0 aromatic heterocycles. The lowest BCUT2D eigenvalue weighted by Gasteiger charge is -2.03. The third-order valence-corrected chi connectivity index (χ3v) is 5.45. The first kappa shape index (κ1) is 26.4. The second kappa shape index (κ2) is 21.7. The lowest BCUT2D eigenvalue weighted by atomic mass is 10.0. The van der Waals surface area contributed by atoms with E-state index in [-0.39, 0.29) is 0 Å². The van der Waals surface area contributed by atoms with Crippen LogP contribution in [-0.2, 0) is 4.79 Å². The topological polar surface area (TPSA) is 37.3 Å². The first-order valence-corrected chi connectivity index (χ1v) is 12.2. The van der Waals surface area contributed by atoms with E-state index in [9.17, 15) is 4.79 Å². The van der Waals surface area contributed by atoms with Crippen molar-refractivity contribution in [3.05, 3.63) is 33.9 Å². The molecule has 1 aromatic carbocycles. The quantitative estimate of drug-likeness (QED) is 0.187. The molecule has 1 aromatic rings. The highest BCUT2D eigenvalue weighted by Crippen LogP contribution is 2.13. The van der Waals surface area contributed by atoms with Gasteiger partial charge in [-0.2, -0.15) is 0 Å². The molecule has 0 spiro atoms. The van der Waals surface area contributed by atoms with Gasteiger partial charge in [0.15, 0.2) is 0 Å². The Hall–Kier alpha value is -0.580. The molecular formula is C24H41IO2. The number of aliphatic carboxylic acids is 1. The maximum Gasteiger partial charge on any atom is 0.303 e. The van der Waals surface area contributed by atoms with E-state index in [1.165, 1.54) is 87.0 Å². The molecule has 0 amide bonds. The number of unbranched alkanes of at least 4 members (excludes halogenated alkanes) is 14. The number of carboxylic acid groups (broad SMARTS) is 1. The van der Waals surface area contributed by atoms with Crippen molar-refractivity contribution < 1.29 is 9.90 Å². The van der Waals surface area contributed by atoms with Crippen LogP contribution in [0.2, 0.25) is 0 Å². The molecule has 0 fully saturated rings. The number of rotatable bonds is 16. The van der Waals surface area contributed by atoms with Crippen LogP contribution in [0, 0.1) is 3.57 Å². The molecule has 0 unspecified atom stereocenters. The van der Waals surface area contributed by atoms with Crippen molar-refractivity contribution in [2.45, 2.75) is 110 Å². The minimum Gasteiger partial charge on any atom is -0.481 e. The molecule has 0 bridgehead atoms. The molecule has 3 heteroatoms. The van der Waals surface area contributed by atoms with Gasteiger partial charge < -0.3 is 5.11 Å². The van der Waals surface area contributed by atoms with Gasteiger partial charge >= 0.3 is 5.97 Å². The van der Waals surface area contributed by atoms with Crippen molar-refractivity contribution in [3.8, 4) is 0 Å². The normalized spacial score (nSPS) is 10.3. The first-order chi connectivity index (χ1) is 13.2. The summed E-state index contributed by atoms with van der Waals surface area (Å²) in [7, 11) is 0. The molecule has 0 atom stereocenters. The Labute approximate surface area is 181 Å².